The van der Waals surface area contributed by atoms with Crippen molar-refractivity contribution in [3.8, 4) is 0 Å². The highest BCUT2D eigenvalue weighted by Crippen LogP contribution is 2.24. The van der Waals surface area contributed by atoms with Crippen LogP contribution in [0.3, 0.4) is 0 Å². The molecule has 0 radical (unpaired) electrons. The van der Waals surface area contributed by atoms with Crippen LogP contribution in [0.15, 0.2) is 54.6 Å². The summed E-state index contributed by atoms with van der Waals surface area (Å²) in [6.07, 6.45) is 1.08. The number of halogens is 1. The van der Waals surface area contributed by atoms with Crippen LogP contribution in [0, 0.1) is 0 Å². The molecule has 0 saturated carbocycles. The van der Waals surface area contributed by atoms with Crippen LogP contribution in [-0.4, -0.2) is 37.6 Å². The van der Waals surface area contributed by atoms with Crippen molar-refractivity contribution in [3.63, 3.8) is 0 Å². The second-order valence-electron chi connectivity index (χ2n) is 5.78. The summed E-state index contributed by atoms with van der Waals surface area (Å²) in [5.41, 5.74) is 2.67. The number of hydrogen-bond donors (Lipinski definition) is 0. The van der Waals surface area contributed by atoms with Crippen LogP contribution >= 0.6 is 11.6 Å². The van der Waals surface area contributed by atoms with Gasteiger partial charge in [-0.05, 0) is 43.3 Å². The van der Waals surface area contributed by atoms with Crippen molar-refractivity contribution in [1.82, 2.24) is 4.90 Å². The zero-order valence-corrected chi connectivity index (χ0v) is 13.1. The molecule has 1 saturated heterocycles. The minimum Gasteiger partial charge on any atom is -0.366 e. The van der Waals surface area contributed by atoms with Gasteiger partial charge in [0.15, 0.2) is 0 Å². The number of benzene rings is 2. The number of nitrogens with zero attached hydrogens (tertiary/aromatic N) is 2. The first kappa shape index (κ1) is 14.4. The van der Waals surface area contributed by atoms with E-state index in [4.69, 9.17) is 11.6 Å². The lowest BCUT2D eigenvalue weighted by molar-refractivity contribution is 0.266. The summed E-state index contributed by atoms with van der Waals surface area (Å²) < 4.78 is 0. The summed E-state index contributed by atoms with van der Waals surface area (Å²) in [4.78, 5) is 4.93. The maximum Gasteiger partial charge on any atom is 0.0457 e. The monoisotopic (exact) mass is 300 g/mol. The predicted octanol–water partition coefficient (Wildman–Crippen LogP) is 3.70. The molecule has 0 N–H and O–H groups in total. The van der Waals surface area contributed by atoms with Gasteiger partial charge in [-0.1, -0.05) is 41.9 Å². The lowest BCUT2D eigenvalue weighted by Crippen LogP contribution is -2.53. The number of hydrogen-bond acceptors (Lipinski definition) is 2. The summed E-state index contributed by atoms with van der Waals surface area (Å²) in [6, 6.07) is 19.5. The Morgan fingerprint density at radius 1 is 1.00 bits per heavy atom. The normalized spacial score (nSPS) is 19.7. The molecule has 1 unspecified atom stereocenters. The molecule has 1 heterocycles. The highest BCUT2D eigenvalue weighted by Gasteiger charge is 2.25. The Labute approximate surface area is 131 Å². The Bertz CT molecular complexity index is 568. The Morgan fingerprint density at radius 3 is 2.43 bits per heavy atom. The third-order valence-corrected chi connectivity index (χ3v) is 4.41. The average Bonchev–Trinajstić information content (AvgIpc) is 2.50. The molecule has 21 heavy (non-hydrogen) atoms. The van der Waals surface area contributed by atoms with Crippen molar-refractivity contribution in [2.45, 2.75) is 12.5 Å². The van der Waals surface area contributed by atoms with Gasteiger partial charge >= 0.3 is 0 Å². The van der Waals surface area contributed by atoms with Gasteiger partial charge in [-0.3, -0.25) is 0 Å². The second-order valence-corrected chi connectivity index (χ2v) is 6.21. The molecule has 2 aromatic carbocycles. The minimum absolute atomic E-state index is 0.507. The molecular weight excluding hydrogens is 280 g/mol. The summed E-state index contributed by atoms with van der Waals surface area (Å²) in [6.45, 7) is 3.26. The first-order valence-electron chi connectivity index (χ1n) is 7.47. The highest BCUT2D eigenvalue weighted by atomic mass is 35.5. The molecule has 1 fully saturated rings. The first-order chi connectivity index (χ1) is 10.2. The van der Waals surface area contributed by atoms with E-state index < -0.39 is 0 Å². The molecular formula is C18H21ClN2. The fourth-order valence-corrected chi connectivity index (χ4v) is 3.17. The topological polar surface area (TPSA) is 6.48 Å². The zero-order valence-electron chi connectivity index (χ0n) is 12.4. The van der Waals surface area contributed by atoms with E-state index in [2.05, 4.69) is 59.3 Å². The molecule has 0 aliphatic carbocycles. The van der Waals surface area contributed by atoms with Crippen LogP contribution in [0.1, 0.15) is 5.56 Å². The zero-order chi connectivity index (χ0) is 14.7. The fraction of sp³-hybridized carbons (Fsp3) is 0.333. The van der Waals surface area contributed by atoms with Crippen molar-refractivity contribution >= 4 is 17.3 Å². The highest BCUT2D eigenvalue weighted by molar-refractivity contribution is 6.30. The molecule has 3 rings (SSSR count). The Kier molecular flexibility index (Phi) is 4.47. The number of likely N-dealkylation sites (N-methyl/N-ethyl adjacent to an activating group) is 1. The summed E-state index contributed by atoms with van der Waals surface area (Å²) in [7, 11) is 2.21. The molecule has 1 aliphatic heterocycles. The summed E-state index contributed by atoms with van der Waals surface area (Å²) in [5, 5.41) is 0.799. The molecule has 1 aliphatic rings. The van der Waals surface area contributed by atoms with Crippen molar-refractivity contribution in [2.24, 2.45) is 0 Å². The lowest BCUT2D eigenvalue weighted by atomic mass is 10.0. The molecule has 2 nitrogen and oxygen atoms in total. The third kappa shape index (κ3) is 3.58. The molecule has 2 aromatic rings. The molecule has 0 spiro atoms. The first-order valence-corrected chi connectivity index (χ1v) is 7.85. The molecule has 0 bridgehead atoms. The van der Waals surface area contributed by atoms with Crippen molar-refractivity contribution in [3.05, 3.63) is 65.2 Å². The number of piperazine rings is 1. The van der Waals surface area contributed by atoms with E-state index in [1.807, 2.05) is 12.1 Å². The van der Waals surface area contributed by atoms with E-state index >= 15 is 0 Å². The Hall–Kier alpha value is -1.51. The van der Waals surface area contributed by atoms with Crippen molar-refractivity contribution in [1.29, 1.82) is 0 Å². The minimum atomic E-state index is 0.507. The molecule has 3 heteroatoms. The van der Waals surface area contributed by atoms with Crippen LogP contribution in [0.25, 0.3) is 0 Å². The van der Waals surface area contributed by atoms with Gasteiger partial charge in [-0.25, -0.2) is 0 Å². The van der Waals surface area contributed by atoms with Crippen LogP contribution < -0.4 is 4.90 Å². The number of anilines is 1. The predicted molar refractivity (Wildman–Crippen MR) is 90.2 cm³/mol. The van der Waals surface area contributed by atoms with E-state index in [1.165, 1.54) is 11.3 Å². The Morgan fingerprint density at radius 2 is 1.71 bits per heavy atom. The summed E-state index contributed by atoms with van der Waals surface area (Å²) in [5.74, 6) is 0. The van der Waals surface area contributed by atoms with E-state index in [9.17, 15) is 0 Å². The largest absolute Gasteiger partial charge is 0.366 e. The fourth-order valence-electron chi connectivity index (χ4n) is 3.04. The number of rotatable bonds is 3. The summed E-state index contributed by atoms with van der Waals surface area (Å²) >= 11 is 6.01. The maximum atomic E-state index is 6.01. The van der Waals surface area contributed by atoms with E-state index in [1.54, 1.807) is 0 Å². The molecule has 0 aromatic heterocycles. The van der Waals surface area contributed by atoms with Gasteiger partial charge in [0, 0.05) is 36.4 Å². The van der Waals surface area contributed by atoms with Crippen molar-refractivity contribution < 1.29 is 0 Å². The average molecular weight is 301 g/mol. The second kappa shape index (κ2) is 6.50. The van der Waals surface area contributed by atoms with Crippen molar-refractivity contribution in [2.75, 3.05) is 31.6 Å². The van der Waals surface area contributed by atoms with Crippen LogP contribution in [0.2, 0.25) is 5.02 Å². The van der Waals surface area contributed by atoms with Gasteiger partial charge < -0.3 is 9.80 Å². The third-order valence-electron chi connectivity index (χ3n) is 4.16. The van der Waals surface area contributed by atoms with E-state index in [0.717, 1.165) is 31.1 Å². The molecule has 1 atom stereocenters. The lowest BCUT2D eigenvalue weighted by Gasteiger charge is -2.41. The SMILES string of the molecule is CN1CCN(c2ccc(Cl)cc2)C(Cc2ccccc2)C1. The quantitative estimate of drug-likeness (QED) is 0.853. The van der Waals surface area contributed by atoms with E-state index in [0.29, 0.717) is 6.04 Å². The van der Waals surface area contributed by atoms with E-state index in [-0.39, 0.29) is 0 Å². The van der Waals surface area contributed by atoms with Gasteiger partial charge in [-0.15, -0.1) is 0 Å². The smallest absolute Gasteiger partial charge is 0.0457 e. The van der Waals surface area contributed by atoms with Crippen LogP contribution in [0.4, 0.5) is 5.69 Å². The Balaban J connectivity index is 1.81. The van der Waals surface area contributed by atoms with Gasteiger partial charge in [-0.2, -0.15) is 0 Å². The van der Waals surface area contributed by atoms with Crippen LogP contribution in [0.5, 0.6) is 0 Å². The van der Waals surface area contributed by atoms with Gasteiger partial charge in [0.2, 0.25) is 0 Å². The van der Waals surface area contributed by atoms with Gasteiger partial charge in [0.1, 0.15) is 0 Å². The van der Waals surface area contributed by atoms with Gasteiger partial charge in [0.25, 0.3) is 0 Å². The molecule has 0 amide bonds. The molecule has 110 valence electrons. The van der Waals surface area contributed by atoms with Gasteiger partial charge in [0.05, 0.1) is 0 Å². The standard InChI is InChI=1S/C18H21ClN2/c1-20-11-12-21(17-9-7-16(19)8-10-17)18(14-20)13-15-5-3-2-4-6-15/h2-10,18H,11-14H2,1H3. The maximum absolute atomic E-state index is 6.01. The van der Waals surface area contributed by atoms with Crippen LogP contribution in [-0.2, 0) is 6.42 Å².